The Morgan fingerprint density at radius 2 is 0.789 bits per heavy atom. The van der Waals surface area contributed by atoms with Gasteiger partial charge >= 0.3 is 54.2 Å². The summed E-state index contributed by atoms with van der Waals surface area (Å²) in [5.74, 6) is -17.5. The van der Waals surface area contributed by atoms with Crippen molar-refractivity contribution in [2.75, 3.05) is 0 Å². The molecule has 0 fully saturated rings. The molecule has 0 saturated carbocycles. The Morgan fingerprint density at radius 1 is 0.500 bits per heavy atom. The number of carboxylic acids is 2. The van der Waals surface area contributed by atoms with Gasteiger partial charge in [0.15, 0.2) is 0 Å². The van der Waals surface area contributed by atoms with Gasteiger partial charge in [-0.05, 0) is 0 Å². The van der Waals surface area contributed by atoms with Crippen LogP contribution in [0, 0.1) is 0 Å². The van der Waals surface area contributed by atoms with Gasteiger partial charge in [0.25, 0.3) is 5.67 Å². The molecule has 38 heavy (non-hydrogen) atoms. The maximum absolute atomic E-state index is 13.3. The summed E-state index contributed by atoms with van der Waals surface area (Å²) in [5.41, 5.74) is -16.5. The highest BCUT2D eigenvalue weighted by molar-refractivity contribution is 5.86. The zero-order chi connectivity index (χ0) is 31.7. The Balaban J connectivity index is 0. The van der Waals surface area contributed by atoms with Crippen LogP contribution >= 0.6 is 0 Å². The molecule has 0 aromatic carbocycles. The lowest BCUT2D eigenvalue weighted by atomic mass is 9.89. The van der Waals surface area contributed by atoms with E-state index in [4.69, 9.17) is 10.2 Å². The fourth-order valence-corrected chi connectivity index (χ4v) is 2.02. The normalized spacial score (nSPS) is 15.6. The minimum absolute atomic E-state index is 1.69. The van der Waals surface area contributed by atoms with Gasteiger partial charge in [-0.2, -0.15) is 61.5 Å². The Hall–Kier alpha value is -2.84. The molecule has 0 aliphatic heterocycles. The van der Waals surface area contributed by atoms with Gasteiger partial charge in [-0.15, -0.1) is 0 Å². The third-order valence-corrected chi connectivity index (χ3v) is 4.09. The van der Waals surface area contributed by atoms with Crippen molar-refractivity contribution in [3.8, 4) is 0 Å². The summed E-state index contributed by atoms with van der Waals surface area (Å²) in [6.45, 7) is 4.64. The lowest BCUT2D eigenvalue weighted by Crippen LogP contribution is -2.64. The number of alkyl halides is 18. The van der Waals surface area contributed by atoms with E-state index in [0.717, 1.165) is 0 Å². The fraction of sp³-hybridized carbons (Fsp3) is 0.625. The average molecular weight is 608 g/mol. The summed E-state index contributed by atoms with van der Waals surface area (Å²) in [6, 6.07) is 0. The van der Waals surface area contributed by atoms with Crippen LogP contribution in [0.1, 0.15) is 12.8 Å². The Kier molecular flexibility index (Phi) is 10.5. The fourth-order valence-electron chi connectivity index (χ4n) is 2.02. The maximum atomic E-state index is 13.3. The topological polar surface area (TPSA) is 74.6 Å². The van der Waals surface area contributed by atoms with Gasteiger partial charge in [0.1, 0.15) is 0 Å². The molecule has 4 nitrogen and oxygen atoms in total. The molecule has 0 aromatic heterocycles. The number of carboxylic acid groups (broad SMARTS) is 2. The van der Waals surface area contributed by atoms with Crippen molar-refractivity contribution in [2.24, 2.45) is 0 Å². The Labute approximate surface area is 197 Å². The van der Waals surface area contributed by atoms with Crippen LogP contribution in [0.25, 0.3) is 0 Å². The van der Waals surface area contributed by atoms with Crippen LogP contribution in [0.2, 0.25) is 0 Å². The molecule has 22 heteroatoms. The molecule has 0 saturated heterocycles. The van der Waals surface area contributed by atoms with Crippen LogP contribution in [0.4, 0.5) is 79.0 Å². The number of carbonyl (C=O) groups is 2. The lowest BCUT2D eigenvalue weighted by molar-refractivity contribution is -0.396. The third kappa shape index (κ3) is 7.17. The van der Waals surface area contributed by atoms with Crippen LogP contribution in [-0.4, -0.2) is 70.0 Å². The minimum atomic E-state index is -6.98. The van der Waals surface area contributed by atoms with Crippen molar-refractivity contribution in [3.05, 3.63) is 24.3 Å². The molecule has 0 aromatic rings. The number of rotatable bonds is 8. The molecule has 224 valence electrons. The quantitative estimate of drug-likeness (QED) is 0.231. The molecule has 1 unspecified atom stereocenters. The summed E-state index contributed by atoms with van der Waals surface area (Å²) in [7, 11) is 0. The standard InChI is InChI=1S/2C8H5F9O2/c1-3(4(18)19)2-5(9,10)6(11,7(12,13)14)8(15,16)17;1-3(4(18)19)2-5(9,7(12,13)14)6(10,11)8(15,16)17/h2*1-2H2,(H,18,19). The summed E-state index contributed by atoms with van der Waals surface area (Å²) in [5, 5.41) is 16.2. The second-order valence-electron chi connectivity index (χ2n) is 6.90. The third-order valence-electron chi connectivity index (χ3n) is 4.09. The van der Waals surface area contributed by atoms with E-state index in [9.17, 15) is 88.6 Å². The van der Waals surface area contributed by atoms with Crippen LogP contribution in [-0.2, 0) is 9.59 Å². The van der Waals surface area contributed by atoms with E-state index < -0.39 is 83.8 Å². The highest BCUT2D eigenvalue weighted by atomic mass is 19.4. The van der Waals surface area contributed by atoms with Crippen molar-refractivity contribution in [2.45, 2.75) is 60.7 Å². The number of hydrogen-bond acceptors (Lipinski definition) is 2. The first-order valence-electron chi connectivity index (χ1n) is 8.38. The molecule has 0 rings (SSSR count). The Morgan fingerprint density at radius 3 is 1.00 bits per heavy atom. The number of aliphatic carboxylic acids is 2. The highest BCUT2D eigenvalue weighted by Crippen LogP contribution is 2.57. The van der Waals surface area contributed by atoms with Gasteiger partial charge in [0.2, 0.25) is 0 Å². The smallest absolute Gasteiger partial charge is 0.457 e. The average Bonchev–Trinajstić information content (AvgIpc) is 2.63. The number of halogens is 18. The second kappa shape index (κ2) is 10.7. The predicted molar refractivity (Wildman–Crippen MR) is 84.6 cm³/mol. The maximum Gasteiger partial charge on any atom is 0.457 e. The van der Waals surface area contributed by atoms with E-state index in [1.807, 2.05) is 0 Å². The van der Waals surface area contributed by atoms with E-state index >= 15 is 0 Å². The van der Waals surface area contributed by atoms with Crippen molar-refractivity contribution in [1.82, 2.24) is 0 Å². The molecular formula is C16H10F18O4. The molecular weight excluding hydrogens is 598 g/mol. The molecule has 0 aliphatic carbocycles. The minimum Gasteiger partial charge on any atom is -0.478 e. The van der Waals surface area contributed by atoms with Crippen LogP contribution < -0.4 is 0 Å². The second-order valence-corrected chi connectivity index (χ2v) is 6.90. The first-order valence-corrected chi connectivity index (χ1v) is 8.38. The predicted octanol–water partition coefficient (Wildman–Crippen LogP) is 6.97. The summed E-state index contributed by atoms with van der Waals surface area (Å²) >= 11 is 0. The zero-order valence-electron chi connectivity index (χ0n) is 17.3. The van der Waals surface area contributed by atoms with Gasteiger partial charge in [-0.1, -0.05) is 13.2 Å². The van der Waals surface area contributed by atoms with Crippen molar-refractivity contribution >= 4 is 11.9 Å². The molecule has 0 radical (unpaired) electrons. The first-order chi connectivity index (χ1) is 16.2. The van der Waals surface area contributed by atoms with Crippen LogP contribution in [0.15, 0.2) is 24.3 Å². The largest absolute Gasteiger partial charge is 0.478 e. The van der Waals surface area contributed by atoms with E-state index in [2.05, 4.69) is 13.2 Å². The SMILES string of the molecule is C=C(CC(F)(C(F)(F)F)C(F)(F)C(F)(F)F)C(=O)O.C=C(CC(F)(F)C(F)(C(F)(F)F)C(F)(F)F)C(=O)O. The van der Waals surface area contributed by atoms with Crippen molar-refractivity contribution in [1.29, 1.82) is 0 Å². The Bertz CT molecular complexity index is 893. The van der Waals surface area contributed by atoms with E-state index in [-0.39, 0.29) is 0 Å². The van der Waals surface area contributed by atoms with E-state index in [1.54, 1.807) is 0 Å². The van der Waals surface area contributed by atoms with Gasteiger partial charge in [0.05, 0.1) is 0 Å². The van der Waals surface area contributed by atoms with Gasteiger partial charge in [-0.3, -0.25) is 0 Å². The van der Waals surface area contributed by atoms with Crippen molar-refractivity contribution in [3.63, 3.8) is 0 Å². The molecule has 2 N–H and O–H groups in total. The van der Waals surface area contributed by atoms with Crippen LogP contribution in [0.5, 0.6) is 0 Å². The molecule has 0 bridgehead atoms. The molecule has 0 aliphatic rings. The van der Waals surface area contributed by atoms with E-state index in [0.29, 0.717) is 0 Å². The molecule has 1 atom stereocenters. The van der Waals surface area contributed by atoms with E-state index in [1.165, 1.54) is 0 Å². The molecule has 0 amide bonds. The van der Waals surface area contributed by atoms with Crippen LogP contribution in [0.3, 0.4) is 0 Å². The summed E-state index contributed by atoms with van der Waals surface area (Å²) < 4.78 is 221. The molecule has 0 spiro atoms. The number of hydrogen-bond donors (Lipinski definition) is 2. The lowest BCUT2D eigenvalue weighted by Gasteiger charge is -2.36. The summed E-state index contributed by atoms with van der Waals surface area (Å²) in [6.07, 6.45) is -32.8. The van der Waals surface area contributed by atoms with Gasteiger partial charge in [0, 0.05) is 24.0 Å². The first kappa shape index (κ1) is 37.3. The van der Waals surface area contributed by atoms with Gasteiger partial charge < -0.3 is 10.2 Å². The summed E-state index contributed by atoms with van der Waals surface area (Å²) in [4.78, 5) is 20.2. The van der Waals surface area contributed by atoms with Gasteiger partial charge in [-0.25, -0.2) is 27.2 Å². The zero-order valence-corrected chi connectivity index (χ0v) is 17.3. The monoisotopic (exact) mass is 608 g/mol. The molecule has 0 heterocycles. The van der Waals surface area contributed by atoms with Crippen molar-refractivity contribution < 1.29 is 98.8 Å². The highest BCUT2D eigenvalue weighted by Gasteiger charge is 2.84.